The average molecular weight is 382 g/mol. The lowest BCUT2D eigenvalue weighted by atomic mass is 10.3. The van der Waals surface area contributed by atoms with Crippen LogP contribution in [0, 0.1) is 0 Å². The first kappa shape index (κ1) is 18.1. The van der Waals surface area contributed by atoms with E-state index in [0.29, 0.717) is 0 Å². The number of ether oxygens (including phenoxy) is 1. The molecule has 0 radical (unpaired) electrons. The van der Waals surface area contributed by atoms with Crippen LogP contribution in [0.1, 0.15) is 11.5 Å². The van der Waals surface area contributed by atoms with Gasteiger partial charge in [0.05, 0.1) is 16.5 Å². The molecule has 0 unspecified atom stereocenters. The molecule has 128 valence electrons. The summed E-state index contributed by atoms with van der Waals surface area (Å²) < 4.78 is 44.4. The van der Waals surface area contributed by atoms with Crippen molar-refractivity contribution < 1.29 is 22.7 Å². The second-order valence-electron chi connectivity index (χ2n) is 4.51. The zero-order chi connectivity index (χ0) is 18.1. The quantitative estimate of drug-likeness (QED) is 0.850. The normalized spacial score (nSPS) is 11.4. The van der Waals surface area contributed by atoms with Gasteiger partial charge in [-0.15, -0.1) is 0 Å². The van der Waals surface area contributed by atoms with Gasteiger partial charge in [-0.05, 0) is 12.1 Å². The number of nitrogens with one attached hydrogen (secondary N) is 1. The largest absolute Gasteiger partial charge is 0.449 e. The van der Waals surface area contributed by atoms with Crippen LogP contribution in [0.3, 0.4) is 0 Å². The molecule has 0 aliphatic carbocycles. The topological polar surface area (TPSA) is 98.1 Å². The number of amides is 1. The van der Waals surface area contributed by atoms with Gasteiger partial charge in [-0.2, -0.15) is 13.2 Å². The van der Waals surface area contributed by atoms with Crippen LogP contribution >= 0.6 is 23.2 Å². The average Bonchev–Trinajstić information content (AvgIpc) is 2.43. The highest BCUT2D eigenvalue weighted by molar-refractivity contribution is 6.42. The van der Waals surface area contributed by atoms with Crippen molar-refractivity contribution in [2.24, 2.45) is 5.73 Å². The van der Waals surface area contributed by atoms with Crippen LogP contribution < -0.4 is 16.0 Å². The van der Waals surface area contributed by atoms with Crippen molar-refractivity contribution >= 4 is 29.1 Å². The molecule has 0 fully saturated rings. The standard InChI is InChI=1S/C13H8Cl2F3N3O3/c14-6-2-1-5(3-7(6)15)24-10-11(13(16,17)18)20-9(4-8(19)22)21-12(10)23/h1-3H,4H2,(H2,19,22)(H,20,21,23). The molecule has 0 atom stereocenters. The van der Waals surface area contributed by atoms with Gasteiger partial charge in [0, 0.05) is 6.07 Å². The number of primary amides is 1. The Labute approximate surface area is 142 Å². The Bertz CT molecular complexity index is 853. The molecule has 1 aromatic heterocycles. The van der Waals surface area contributed by atoms with E-state index in [2.05, 4.69) is 4.98 Å². The Morgan fingerprint density at radius 2 is 1.96 bits per heavy atom. The summed E-state index contributed by atoms with van der Waals surface area (Å²) in [7, 11) is 0. The summed E-state index contributed by atoms with van der Waals surface area (Å²) in [5.41, 5.74) is 2.07. The third kappa shape index (κ3) is 4.18. The highest BCUT2D eigenvalue weighted by Gasteiger charge is 2.39. The number of benzene rings is 1. The number of hydrogen-bond acceptors (Lipinski definition) is 4. The van der Waals surface area contributed by atoms with Crippen molar-refractivity contribution in [3.63, 3.8) is 0 Å². The third-order valence-electron chi connectivity index (χ3n) is 2.65. The van der Waals surface area contributed by atoms with Gasteiger partial charge in [0.15, 0.2) is 5.69 Å². The Hall–Kier alpha value is -2.26. The number of hydrogen-bond donors (Lipinski definition) is 2. The molecule has 1 aromatic carbocycles. The number of halogens is 5. The zero-order valence-corrected chi connectivity index (χ0v) is 13.1. The molecule has 24 heavy (non-hydrogen) atoms. The second-order valence-corrected chi connectivity index (χ2v) is 5.32. The number of aromatic nitrogens is 2. The van der Waals surface area contributed by atoms with Crippen LogP contribution in [0.15, 0.2) is 23.0 Å². The molecule has 0 aliphatic rings. The maximum atomic E-state index is 13.1. The Morgan fingerprint density at radius 3 is 2.50 bits per heavy atom. The molecule has 11 heteroatoms. The van der Waals surface area contributed by atoms with E-state index in [9.17, 15) is 22.8 Å². The predicted molar refractivity (Wildman–Crippen MR) is 79.3 cm³/mol. The van der Waals surface area contributed by atoms with Crippen molar-refractivity contribution in [3.8, 4) is 11.5 Å². The van der Waals surface area contributed by atoms with Crippen LogP contribution in [0.2, 0.25) is 10.0 Å². The van der Waals surface area contributed by atoms with E-state index in [4.69, 9.17) is 33.7 Å². The van der Waals surface area contributed by atoms with Crippen molar-refractivity contribution in [2.45, 2.75) is 12.6 Å². The minimum Gasteiger partial charge on any atom is -0.449 e. The molecule has 0 saturated carbocycles. The molecule has 2 rings (SSSR count). The number of alkyl halides is 3. The lowest BCUT2D eigenvalue weighted by molar-refractivity contribution is -0.142. The fourth-order valence-corrected chi connectivity index (χ4v) is 1.99. The summed E-state index contributed by atoms with van der Waals surface area (Å²) in [5, 5.41) is 0.182. The Kier molecular flexibility index (Phi) is 5.05. The Balaban J connectivity index is 2.53. The smallest absolute Gasteiger partial charge is 0.437 e. The van der Waals surface area contributed by atoms with Gasteiger partial charge < -0.3 is 15.5 Å². The number of carbonyl (C=O) groups is 1. The van der Waals surface area contributed by atoms with Crippen LogP contribution in [-0.2, 0) is 17.4 Å². The summed E-state index contributed by atoms with van der Waals surface area (Å²) in [4.78, 5) is 28.0. The van der Waals surface area contributed by atoms with E-state index < -0.39 is 41.3 Å². The molecular weight excluding hydrogens is 374 g/mol. The minimum absolute atomic E-state index is 0.0254. The molecule has 3 N–H and O–H groups in total. The summed E-state index contributed by atoms with van der Waals surface area (Å²) in [6.45, 7) is 0. The van der Waals surface area contributed by atoms with Gasteiger partial charge >= 0.3 is 6.18 Å². The van der Waals surface area contributed by atoms with Crippen molar-refractivity contribution in [3.05, 3.63) is 50.1 Å². The maximum Gasteiger partial charge on any atom is 0.437 e. The fraction of sp³-hybridized carbons (Fsp3) is 0.154. The van der Waals surface area contributed by atoms with E-state index in [1.165, 1.54) is 12.1 Å². The first-order valence-corrected chi connectivity index (χ1v) is 6.95. The number of aromatic amines is 1. The third-order valence-corrected chi connectivity index (χ3v) is 3.39. The molecular formula is C13H8Cl2F3N3O3. The minimum atomic E-state index is -4.99. The molecule has 0 aliphatic heterocycles. The number of nitrogens with zero attached hydrogens (tertiary/aromatic N) is 1. The fourth-order valence-electron chi connectivity index (χ4n) is 1.70. The highest BCUT2D eigenvalue weighted by Crippen LogP contribution is 2.35. The zero-order valence-electron chi connectivity index (χ0n) is 11.6. The van der Waals surface area contributed by atoms with Crippen LogP contribution in [-0.4, -0.2) is 15.9 Å². The van der Waals surface area contributed by atoms with Gasteiger partial charge in [-0.3, -0.25) is 9.59 Å². The molecule has 0 spiro atoms. The molecule has 1 heterocycles. The number of nitrogens with two attached hydrogens (primary N) is 1. The Morgan fingerprint density at radius 1 is 1.29 bits per heavy atom. The van der Waals surface area contributed by atoms with Gasteiger partial charge in [0.1, 0.15) is 11.6 Å². The molecule has 0 bridgehead atoms. The maximum absolute atomic E-state index is 13.1. The van der Waals surface area contributed by atoms with E-state index in [1.54, 1.807) is 0 Å². The van der Waals surface area contributed by atoms with E-state index >= 15 is 0 Å². The van der Waals surface area contributed by atoms with Gasteiger partial charge in [-0.1, -0.05) is 23.2 Å². The summed E-state index contributed by atoms with van der Waals surface area (Å²) >= 11 is 11.4. The van der Waals surface area contributed by atoms with E-state index in [-0.39, 0.29) is 15.8 Å². The number of H-pyrrole nitrogens is 1. The van der Waals surface area contributed by atoms with E-state index in [0.717, 1.165) is 6.07 Å². The van der Waals surface area contributed by atoms with Crippen LogP contribution in [0.4, 0.5) is 13.2 Å². The highest BCUT2D eigenvalue weighted by atomic mass is 35.5. The monoisotopic (exact) mass is 381 g/mol. The van der Waals surface area contributed by atoms with Gasteiger partial charge in [0.2, 0.25) is 11.7 Å². The molecule has 1 amide bonds. The van der Waals surface area contributed by atoms with Crippen LogP contribution in [0.5, 0.6) is 11.5 Å². The number of carbonyl (C=O) groups excluding carboxylic acids is 1. The van der Waals surface area contributed by atoms with Gasteiger partial charge in [0.25, 0.3) is 5.56 Å². The summed E-state index contributed by atoms with van der Waals surface area (Å²) in [6, 6.07) is 3.65. The first-order valence-electron chi connectivity index (χ1n) is 6.19. The van der Waals surface area contributed by atoms with E-state index in [1.807, 2.05) is 4.98 Å². The lowest BCUT2D eigenvalue weighted by Gasteiger charge is -2.13. The summed E-state index contributed by atoms with van der Waals surface area (Å²) in [5.74, 6) is -2.72. The first-order chi connectivity index (χ1) is 11.1. The number of rotatable bonds is 4. The van der Waals surface area contributed by atoms with Gasteiger partial charge in [-0.25, -0.2) is 4.98 Å². The molecule has 2 aromatic rings. The molecule has 6 nitrogen and oxygen atoms in total. The lowest BCUT2D eigenvalue weighted by Crippen LogP contribution is -2.24. The molecule has 0 saturated heterocycles. The van der Waals surface area contributed by atoms with Crippen molar-refractivity contribution in [1.29, 1.82) is 0 Å². The van der Waals surface area contributed by atoms with Crippen molar-refractivity contribution in [1.82, 2.24) is 9.97 Å². The van der Waals surface area contributed by atoms with Crippen LogP contribution in [0.25, 0.3) is 0 Å². The summed E-state index contributed by atoms with van der Waals surface area (Å²) in [6.07, 6.45) is -5.66. The predicted octanol–water partition coefficient (Wildman–Crippen LogP) is 2.92. The second kappa shape index (κ2) is 6.70. The SMILES string of the molecule is NC(=O)Cc1nc(C(F)(F)F)c(Oc2ccc(Cl)c(Cl)c2)c(=O)[nH]1. The van der Waals surface area contributed by atoms with Crippen molar-refractivity contribution in [2.75, 3.05) is 0 Å².